The second-order valence-corrected chi connectivity index (χ2v) is 8.87. The summed E-state index contributed by atoms with van der Waals surface area (Å²) in [6, 6.07) is 20.2. The highest BCUT2D eigenvalue weighted by molar-refractivity contribution is 6.46. The molecule has 1 fully saturated rings. The van der Waals surface area contributed by atoms with E-state index in [1.165, 1.54) is 12.0 Å². The molecule has 4 rings (SSSR count). The molecule has 1 unspecified atom stereocenters. The monoisotopic (exact) mass is 499 g/mol. The molecular weight excluding hydrogens is 470 g/mol. The Balaban J connectivity index is 1.76. The van der Waals surface area contributed by atoms with Gasteiger partial charge in [0, 0.05) is 6.54 Å². The minimum Gasteiger partial charge on any atom is -0.507 e. The summed E-state index contributed by atoms with van der Waals surface area (Å²) in [6.07, 6.45) is 0.729. The number of rotatable bonds is 8. The van der Waals surface area contributed by atoms with Crippen LogP contribution in [-0.2, 0) is 20.9 Å². The number of ketones is 1. The van der Waals surface area contributed by atoms with Crippen LogP contribution in [0.15, 0.2) is 78.4 Å². The zero-order chi connectivity index (χ0) is 26.5. The molecule has 1 saturated heterocycles. The molecule has 0 radical (unpaired) electrons. The zero-order valence-electron chi connectivity index (χ0n) is 21.1. The molecule has 7 nitrogen and oxygen atoms in total. The van der Waals surface area contributed by atoms with Crippen LogP contribution in [0.1, 0.15) is 52.0 Å². The third kappa shape index (κ3) is 5.26. The SMILES string of the molecule is CCCOC(=O)c1ccc(CN2C(=O)C(=O)/C(=C(/O)c3ccccc3OC)C2c2cccc(C)c2)cc1. The van der Waals surface area contributed by atoms with Crippen LogP contribution in [0, 0.1) is 6.92 Å². The molecule has 7 heteroatoms. The average Bonchev–Trinajstić information content (AvgIpc) is 3.16. The smallest absolute Gasteiger partial charge is 0.338 e. The minimum atomic E-state index is -0.806. The summed E-state index contributed by atoms with van der Waals surface area (Å²) < 4.78 is 10.6. The first-order chi connectivity index (χ1) is 17.8. The fraction of sp³-hybridized carbons (Fsp3) is 0.233. The molecule has 37 heavy (non-hydrogen) atoms. The van der Waals surface area contributed by atoms with E-state index < -0.39 is 23.7 Å². The van der Waals surface area contributed by atoms with E-state index in [-0.39, 0.29) is 17.9 Å². The number of nitrogens with zero attached hydrogens (tertiary/aromatic N) is 1. The summed E-state index contributed by atoms with van der Waals surface area (Å²) in [6.45, 7) is 4.29. The van der Waals surface area contributed by atoms with Gasteiger partial charge in [0.2, 0.25) is 0 Å². The predicted molar refractivity (Wildman–Crippen MR) is 139 cm³/mol. The Morgan fingerprint density at radius 2 is 1.73 bits per heavy atom. The van der Waals surface area contributed by atoms with Crippen molar-refractivity contribution >= 4 is 23.4 Å². The van der Waals surface area contributed by atoms with E-state index in [9.17, 15) is 19.5 Å². The van der Waals surface area contributed by atoms with Crippen molar-refractivity contribution in [2.75, 3.05) is 13.7 Å². The van der Waals surface area contributed by atoms with Gasteiger partial charge in [0.25, 0.3) is 11.7 Å². The number of carbonyl (C=O) groups is 3. The van der Waals surface area contributed by atoms with Gasteiger partial charge in [-0.15, -0.1) is 0 Å². The lowest BCUT2D eigenvalue weighted by molar-refractivity contribution is -0.140. The van der Waals surface area contributed by atoms with Crippen molar-refractivity contribution in [3.05, 3.63) is 106 Å². The molecule has 1 heterocycles. The molecule has 1 atom stereocenters. The molecule has 1 amide bonds. The number of hydrogen-bond donors (Lipinski definition) is 1. The summed E-state index contributed by atoms with van der Waals surface area (Å²) in [4.78, 5) is 40.2. The maximum Gasteiger partial charge on any atom is 0.338 e. The Bertz CT molecular complexity index is 1360. The van der Waals surface area contributed by atoms with Gasteiger partial charge in [-0.1, -0.05) is 61.0 Å². The number of carbonyl (C=O) groups excluding carboxylic acids is 3. The first-order valence-corrected chi connectivity index (χ1v) is 12.1. The van der Waals surface area contributed by atoms with Gasteiger partial charge in [-0.05, 0) is 48.7 Å². The van der Waals surface area contributed by atoms with Gasteiger partial charge < -0.3 is 19.5 Å². The highest BCUT2D eigenvalue weighted by Crippen LogP contribution is 2.41. The van der Waals surface area contributed by atoms with E-state index in [1.54, 1.807) is 48.5 Å². The van der Waals surface area contributed by atoms with Gasteiger partial charge in [0.1, 0.15) is 11.5 Å². The van der Waals surface area contributed by atoms with Crippen LogP contribution in [-0.4, -0.2) is 41.4 Å². The maximum absolute atomic E-state index is 13.3. The first-order valence-electron chi connectivity index (χ1n) is 12.1. The van der Waals surface area contributed by atoms with E-state index in [2.05, 4.69) is 0 Å². The second kappa shape index (κ2) is 11.1. The molecule has 0 bridgehead atoms. The van der Waals surface area contributed by atoms with Gasteiger partial charge in [0.05, 0.1) is 36.5 Å². The van der Waals surface area contributed by atoms with Crippen LogP contribution in [0.5, 0.6) is 5.75 Å². The van der Waals surface area contributed by atoms with Crippen molar-refractivity contribution in [3.63, 3.8) is 0 Å². The Hall–Kier alpha value is -4.39. The number of methoxy groups -OCH3 is 1. The minimum absolute atomic E-state index is 0.000126. The summed E-state index contributed by atoms with van der Waals surface area (Å²) in [5, 5.41) is 11.3. The number of para-hydroxylation sites is 1. The summed E-state index contributed by atoms with van der Waals surface area (Å²) in [7, 11) is 1.48. The zero-order valence-corrected chi connectivity index (χ0v) is 21.1. The molecule has 1 aliphatic heterocycles. The van der Waals surface area contributed by atoms with Crippen molar-refractivity contribution in [3.8, 4) is 5.75 Å². The van der Waals surface area contributed by atoms with Gasteiger partial charge in [-0.25, -0.2) is 4.79 Å². The number of aliphatic hydroxyl groups is 1. The van der Waals surface area contributed by atoms with E-state index >= 15 is 0 Å². The molecule has 0 saturated carbocycles. The number of Topliss-reactive ketones (excluding diaryl/α,β-unsaturated/α-hetero) is 1. The fourth-order valence-electron chi connectivity index (χ4n) is 4.44. The number of amides is 1. The van der Waals surface area contributed by atoms with E-state index in [4.69, 9.17) is 9.47 Å². The van der Waals surface area contributed by atoms with Crippen LogP contribution < -0.4 is 4.74 Å². The molecular formula is C30H29NO6. The molecule has 1 aliphatic rings. The van der Waals surface area contributed by atoms with Crippen molar-refractivity contribution in [1.29, 1.82) is 0 Å². The number of ether oxygens (including phenoxy) is 2. The van der Waals surface area contributed by atoms with Crippen LogP contribution in [0.4, 0.5) is 0 Å². The van der Waals surface area contributed by atoms with Crippen molar-refractivity contribution in [2.45, 2.75) is 32.9 Å². The van der Waals surface area contributed by atoms with Crippen LogP contribution in [0.2, 0.25) is 0 Å². The summed E-state index contributed by atoms with van der Waals surface area (Å²) in [5.74, 6) is -1.80. The number of aliphatic hydroxyl groups excluding tert-OH is 1. The largest absolute Gasteiger partial charge is 0.507 e. The molecule has 1 N–H and O–H groups in total. The standard InChI is InChI=1S/C30H29NO6/c1-4-16-37-30(35)21-14-12-20(13-15-21)18-31-26(22-9-7-8-19(2)17-22)25(28(33)29(31)34)27(32)23-10-5-6-11-24(23)36-3/h5-15,17,26,32H,4,16,18H2,1-3H3/b27-25+. The Morgan fingerprint density at radius 3 is 2.41 bits per heavy atom. The third-order valence-corrected chi connectivity index (χ3v) is 6.24. The second-order valence-electron chi connectivity index (χ2n) is 8.87. The summed E-state index contributed by atoms with van der Waals surface area (Å²) >= 11 is 0. The van der Waals surface area contributed by atoms with Gasteiger partial charge >= 0.3 is 5.97 Å². The van der Waals surface area contributed by atoms with Crippen molar-refractivity contribution in [2.24, 2.45) is 0 Å². The fourth-order valence-corrected chi connectivity index (χ4v) is 4.44. The van der Waals surface area contributed by atoms with Crippen molar-refractivity contribution in [1.82, 2.24) is 4.90 Å². The quantitative estimate of drug-likeness (QED) is 0.198. The highest BCUT2D eigenvalue weighted by atomic mass is 16.5. The van der Waals surface area contributed by atoms with Crippen LogP contribution in [0.25, 0.3) is 5.76 Å². The number of aryl methyl sites for hydroxylation is 1. The number of benzene rings is 3. The number of hydrogen-bond acceptors (Lipinski definition) is 6. The molecule has 0 spiro atoms. The Labute approximate surface area is 215 Å². The van der Waals surface area contributed by atoms with Gasteiger partial charge in [0.15, 0.2) is 0 Å². The van der Waals surface area contributed by atoms with Gasteiger partial charge in [-0.2, -0.15) is 0 Å². The Morgan fingerprint density at radius 1 is 1.00 bits per heavy atom. The predicted octanol–water partition coefficient (Wildman–Crippen LogP) is 5.19. The van der Waals surface area contributed by atoms with Crippen molar-refractivity contribution < 1.29 is 29.0 Å². The number of esters is 1. The normalized spacial score (nSPS) is 16.6. The molecule has 190 valence electrons. The topological polar surface area (TPSA) is 93.1 Å². The van der Waals surface area contributed by atoms with E-state index in [0.29, 0.717) is 29.0 Å². The highest BCUT2D eigenvalue weighted by Gasteiger charge is 2.46. The lowest BCUT2D eigenvalue weighted by atomic mass is 9.94. The average molecular weight is 500 g/mol. The van der Waals surface area contributed by atoms with E-state index in [1.807, 2.05) is 38.1 Å². The lowest BCUT2D eigenvalue weighted by Crippen LogP contribution is -2.29. The van der Waals surface area contributed by atoms with Crippen LogP contribution >= 0.6 is 0 Å². The summed E-state index contributed by atoms with van der Waals surface area (Å²) in [5.41, 5.74) is 3.12. The number of likely N-dealkylation sites (tertiary alicyclic amines) is 1. The lowest BCUT2D eigenvalue weighted by Gasteiger charge is -2.26. The molecule has 3 aromatic carbocycles. The molecule has 0 aromatic heterocycles. The maximum atomic E-state index is 13.3. The Kier molecular flexibility index (Phi) is 7.72. The van der Waals surface area contributed by atoms with E-state index in [0.717, 1.165) is 17.5 Å². The molecule has 0 aliphatic carbocycles. The third-order valence-electron chi connectivity index (χ3n) is 6.24. The van der Waals surface area contributed by atoms with Gasteiger partial charge in [-0.3, -0.25) is 9.59 Å². The molecule has 3 aromatic rings. The van der Waals surface area contributed by atoms with Crippen LogP contribution in [0.3, 0.4) is 0 Å². The first kappa shape index (κ1) is 25.7.